The molecular weight excluding hydrogens is 360 g/mol. The molecule has 28 heavy (non-hydrogen) atoms. The van der Waals surface area contributed by atoms with Gasteiger partial charge in [-0.3, -0.25) is 9.36 Å². The van der Waals surface area contributed by atoms with Crippen LogP contribution in [-0.4, -0.2) is 49.8 Å². The van der Waals surface area contributed by atoms with Gasteiger partial charge >= 0.3 is 0 Å². The highest BCUT2D eigenvalue weighted by molar-refractivity contribution is 5.92. The first-order valence-corrected chi connectivity index (χ1v) is 9.50. The quantitative estimate of drug-likeness (QED) is 0.698. The van der Waals surface area contributed by atoms with Gasteiger partial charge in [-0.25, -0.2) is 9.97 Å². The van der Waals surface area contributed by atoms with Crippen LogP contribution in [0.2, 0.25) is 0 Å². The molecule has 1 N–H and O–H groups in total. The number of carbonyl (C=O) groups excluding carboxylic acids is 1. The minimum atomic E-state index is -0.226. The number of nitrogens with one attached hydrogen (secondary N) is 1. The summed E-state index contributed by atoms with van der Waals surface area (Å²) in [6.45, 7) is 1.26. The topological polar surface area (TPSA) is 108 Å². The van der Waals surface area contributed by atoms with Crippen molar-refractivity contribution in [3.63, 3.8) is 0 Å². The van der Waals surface area contributed by atoms with Crippen molar-refractivity contribution in [1.29, 1.82) is 0 Å². The lowest BCUT2D eigenvalue weighted by Crippen LogP contribution is -2.31. The fraction of sp³-hybridized carbons (Fsp3) is 0.421. The molecule has 0 aromatic carbocycles. The highest BCUT2D eigenvalue weighted by Gasteiger charge is 2.29. The van der Waals surface area contributed by atoms with Gasteiger partial charge in [0.15, 0.2) is 5.82 Å². The maximum atomic E-state index is 12.3. The number of nitrogens with zero attached hydrogens (tertiary/aromatic N) is 5. The normalized spacial score (nSPS) is 19.1. The van der Waals surface area contributed by atoms with Crippen molar-refractivity contribution < 1.29 is 14.1 Å². The summed E-state index contributed by atoms with van der Waals surface area (Å²) in [7, 11) is 0. The van der Waals surface area contributed by atoms with E-state index in [1.54, 1.807) is 23.3 Å². The maximum absolute atomic E-state index is 12.3. The number of amides is 1. The maximum Gasteiger partial charge on any atom is 0.271 e. The predicted octanol–water partition coefficient (Wildman–Crippen LogP) is 2.10. The summed E-state index contributed by atoms with van der Waals surface area (Å²) < 4.78 is 12.6. The largest absolute Gasteiger partial charge is 0.376 e. The van der Waals surface area contributed by atoms with E-state index < -0.39 is 0 Å². The molecule has 2 fully saturated rings. The van der Waals surface area contributed by atoms with Crippen LogP contribution in [0, 0.1) is 0 Å². The molecule has 1 aliphatic carbocycles. The van der Waals surface area contributed by atoms with Gasteiger partial charge in [0.25, 0.3) is 11.8 Å². The van der Waals surface area contributed by atoms with Gasteiger partial charge in [-0.15, -0.1) is 0 Å². The van der Waals surface area contributed by atoms with E-state index in [1.807, 2.05) is 12.1 Å². The van der Waals surface area contributed by atoms with Crippen molar-refractivity contribution in [1.82, 2.24) is 30.0 Å². The molecule has 5 rings (SSSR count). The molecular formula is C19H20N6O3. The lowest BCUT2D eigenvalue weighted by molar-refractivity contribution is 0.0854. The van der Waals surface area contributed by atoms with Crippen LogP contribution in [0.4, 0.5) is 0 Å². The lowest BCUT2D eigenvalue weighted by atomic mass is 10.2. The zero-order valence-electron chi connectivity index (χ0n) is 15.2. The minimum absolute atomic E-state index is 0.0966. The number of ether oxygens (including phenoxy) is 1. The van der Waals surface area contributed by atoms with Crippen LogP contribution >= 0.6 is 0 Å². The predicted molar refractivity (Wildman–Crippen MR) is 97.9 cm³/mol. The average Bonchev–Trinajstić information content (AvgIpc) is 3.16. The van der Waals surface area contributed by atoms with Crippen LogP contribution in [-0.2, 0) is 4.74 Å². The third-order valence-electron chi connectivity index (χ3n) is 4.97. The SMILES string of the molecule is O=C(NCC1CCCO1)c1cn(-c2cc(-c3nc(C4CC4)no3)ccn2)cn1. The van der Waals surface area contributed by atoms with E-state index in [2.05, 4.69) is 25.4 Å². The summed E-state index contributed by atoms with van der Waals surface area (Å²) >= 11 is 0. The van der Waals surface area contributed by atoms with Gasteiger partial charge in [-0.05, 0) is 37.8 Å². The van der Waals surface area contributed by atoms with Crippen molar-refractivity contribution in [2.45, 2.75) is 37.7 Å². The summed E-state index contributed by atoms with van der Waals surface area (Å²) in [5, 5.41) is 6.92. The summed E-state index contributed by atoms with van der Waals surface area (Å²) in [5.74, 6) is 2.07. The number of aromatic nitrogens is 5. The summed E-state index contributed by atoms with van der Waals surface area (Å²) in [4.78, 5) is 25.3. The van der Waals surface area contributed by atoms with Crippen LogP contribution in [0.5, 0.6) is 0 Å². The molecule has 3 aromatic heterocycles. The molecule has 1 unspecified atom stereocenters. The number of hydrogen-bond acceptors (Lipinski definition) is 7. The van der Waals surface area contributed by atoms with Gasteiger partial charge in [-0.2, -0.15) is 4.98 Å². The molecule has 1 atom stereocenters. The monoisotopic (exact) mass is 380 g/mol. The second-order valence-electron chi connectivity index (χ2n) is 7.15. The Morgan fingerprint density at radius 3 is 3.04 bits per heavy atom. The molecule has 1 aliphatic heterocycles. The van der Waals surface area contributed by atoms with Gasteiger partial charge in [-0.1, -0.05) is 5.16 Å². The smallest absolute Gasteiger partial charge is 0.271 e. The summed E-state index contributed by atoms with van der Waals surface area (Å²) in [5.41, 5.74) is 1.11. The van der Waals surface area contributed by atoms with Crippen molar-refractivity contribution in [3.8, 4) is 17.3 Å². The van der Waals surface area contributed by atoms with E-state index in [9.17, 15) is 4.79 Å². The van der Waals surface area contributed by atoms with Gasteiger partial charge < -0.3 is 14.6 Å². The molecule has 1 saturated carbocycles. The Hall–Kier alpha value is -3.07. The van der Waals surface area contributed by atoms with Gasteiger partial charge in [0.05, 0.1) is 6.10 Å². The Balaban J connectivity index is 1.30. The van der Waals surface area contributed by atoms with Crippen LogP contribution in [0.25, 0.3) is 17.3 Å². The molecule has 4 heterocycles. The van der Waals surface area contributed by atoms with Gasteiger partial charge in [0, 0.05) is 37.0 Å². The first-order chi connectivity index (χ1) is 13.8. The van der Waals surface area contributed by atoms with Crippen molar-refractivity contribution in [2.75, 3.05) is 13.2 Å². The molecule has 2 aliphatic rings. The van der Waals surface area contributed by atoms with Crippen LogP contribution in [0.1, 0.15) is 47.9 Å². The first kappa shape index (κ1) is 17.1. The Morgan fingerprint density at radius 2 is 2.21 bits per heavy atom. The highest BCUT2D eigenvalue weighted by Crippen LogP contribution is 2.38. The van der Waals surface area contributed by atoms with Crippen molar-refractivity contribution in [2.24, 2.45) is 0 Å². The lowest BCUT2D eigenvalue weighted by Gasteiger charge is -2.09. The fourth-order valence-electron chi connectivity index (χ4n) is 3.22. The number of pyridine rings is 1. The number of imidazole rings is 1. The summed E-state index contributed by atoms with van der Waals surface area (Å²) in [6.07, 6.45) is 9.24. The van der Waals surface area contributed by atoms with Gasteiger partial charge in [0.2, 0.25) is 0 Å². The van der Waals surface area contributed by atoms with E-state index >= 15 is 0 Å². The molecule has 3 aromatic rings. The summed E-state index contributed by atoms with van der Waals surface area (Å²) in [6, 6.07) is 3.65. The second kappa shape index (κ2) is 7.16. The molecule has 1 saturated heterocycles. The van der Waals surface area contributed by atoms with E-state index in [-0.39, 0.29) is 12.0 Å². The zero-order valence-corrected chi connectivity index (χ0v) is 15.2. The third-order valence-corrected chi connectivity index (χ3v) is 4.97. The molecule has 9 nitrogen and oxygen atoms in total. The second-order valence-corrected chi connectivity index (χ2v) is 7.15. The number of carbonyl (C=O) groups is 1. The van der Waals surface area contributed by atoms with E-state index in [1.165, 1.54) is 0 Å². The fourth-order valence-corrected chi connectivity index (χ4v) is 3.22. The average molecular weight is 380 g/mol. The Labute approximate surface area is 161 Å². The van der Waals surface area contributed by atoms with Crippen LogP contribution in [0.15, 0.2) is 35.4 Å². The Morgan fingerprint density at radius 1 is 1.29 bits per heavy atom. The van der Waals surface area contributed by atoms with Crippen molar-refractivity contribution in [3.05, 3.63) is 42.4 Å². The molecule has 0 bridgehead atoms. The van der Waals surface area contributed by atoms with E-state index in [4.69, 9.17) is 9.26 Å². The Bertz CT molecular complexity index is 987. The zero-order chi connectivity index (χ0) is 18.9. The van der Waals surface area contributed by atoms with Gasteiger partial charge in [0.1, 0.15) is 17.8 Å². The molecule has 0 spiro atoms. The number of hydrogen-bond donors (Lipinski definition) is 1. The van der Waals surface area contributed by atoms with E-state index in [0.717, 1.165) is 43.7 Å². The van der Waals surface area contributed by atoms with Crippen LogP contribution in [0.3, 0.4) is 0 Å². The van der Waals surface area contributed by atoms with Crippen LogP contribution < -0.4 is 5.32 Å². The van der Waals surface area contributed by atoms with E-state index in [0.29, 0.717) is 29.9 Å². The minimum Gasteiger partial charge on any atom is -0.376 e. The molecule has 9 heteroatoms. The molecule has 0 radical (unpaired) electrons. The molecule has 144 valence electrons. The third kappa shape index (κ3) is 3.53. The Kier molecular flexibility index (Phi) is 4.36. The van der Waals surface area contributed by atoms with Crippen molar-refractivity contribution >= 4 is 5.91 Å². The highest BCUT2D eigenvalue weighted by atomic mass is 16.5. The molecule has 1 amide bonds. The number of rotatable bonds is 6. The first-order valence-electron chi connectivity index (χ1n) is 9.50. The standard InChI is InChI=1S/C19H20N6O3/c26-18(21-9-14-2-1-7-27-14)15-10-25(11-22-15)16-8-13(5-6-20-16)19-23-17(24-28-19)12-3-4-12/h5-6,8,10-12,14H,1-4,7,9H2,(H,21,26).